The average molecular weight is 318 g/mol. The predicted octanol–water partition coefficient (Wildman–Crippen LogP) is 3.16. The molecule has 1 atom stereocenters. The van der Waals surface area contributed by atoms with Gasteiger partial charge in [-0.15, -0.1) is 0 Å². The van der Waals surface area contributed by atoms with E-state index in [1.54, 1.807) is 4.90 Å². The maximum atomic E-state index is 12.6. The van der Waals surface area contributed by atoms with Crippen molar-refractivity contribution < 1.29 is 9.59 Å². The Bertz CT molecular complexity index is 506. The third kappa shape index (κ3) is 6.43. The molecule has 0 aromatic heterocycles. The largest absolute Gasteiger partial charge is 0.350 e. The first-order chi connectivity index (χ1) is 10.8. The first-order valence-electron chi connectivity index (χ1n) is 8.44. The lowest BCUT2D eigenvalue weighted by atomic mass is 10.1. The Hall–Kier alpha value is -1.84. The smallest absolute Gasteiger partial charge is 0.243 e. The molecule has 0 saturated heterocycles. The number of carbonyl (C=O) groups is 2. The third-order valence-electron chi connectivity index (χ3n) is 3.67. The molecule has 0 aliphatic carbocycles. The Kier molecular flexibility index (Phi) is 7.27. The summed E-state index contributed by atoms with van der Waals surface area (Å²) in [6.45, 7) is 10.2. The van der Waals surface area contributed by atoms with Crippen LogP contribution in [0.2, 0.25) is 0 Å². The van der Waals surface area contributed by atoms with Crippen LogP contribution in [0.4, 0.5) is 0 Å². The van der Waals surface area contributed by atoms with Crippen molar-refractivity contribution in [2.75, 3.05) is 6.54 Å². The van der Waals surface area contributed by atoms with Gasteiger partial charge in [0.1, 0.15) is 6.04 Å². The van der Waals surface area contributed by atoms with Gasteiger partial charge in [-0.3, -0.25) is 9.59 Å². The number of nitrogens with one attached hydrogen (secondary N) is 1. The molecule has 0 saturated carbocycles. The summed E-state index contributed by atoms with van der Waals surface area (Å²) < 4.78 is 0. The Labute approximate surface area is 140 Å². The summed E-state index contributed by atoms with van der Waals surface area (Å²) in [5.41, 5.74) is 0.873. The molecule has 0 spiro atoms. The molecule has 0 aliphatic heterocycles. The van der Waals surface area contributed by atoms with Gasteiger partial charge in [-0.05, 0) is 39.2 Å². The summed E-state index contributed by atoms with van der Waals surface area (Å²) in [5.74, 6) is -0.0494. The second-order valence-corrected chi connectivity index (χ2v) is 6.84. The van der Waals surface area contributed by atoms with Gasteiger partial charge < -0.3 is 10.2 Å². The summed E-state index contributed by atoms with van der Waals surface area (Å²) in [5, 5.41) is 2.99. The van der Waals surface area contributed by atoms with Gasteiger partial charge in [0, 0.05) is 18.5 Å². The number of benzene rings is 1. The zero-order valence-corrected chi connectivity index (χ0v) is 15.1. The molecule has 1 rings (SSSR count). The van der Waals surface area contributed by atoms with Crippen LogP contribution < -0.4 is 5.32 Å². The van der Waals surface area contributed by atoms with Gasteiger partial charge in [-0.2, -0.15) is 0 Å². The third-order valence-corrected chi connectivity index (χ3v) is 3.67. The van der Waals surface area contributed by atoms with Crippen molar-refractivity contribution in [1.29, 1.82) is 0 Å². The Morgan fingerprint density at radius 3 is 2.22 bits per heavy atom. The predicted molar refractivity (Wildman–Crippen MR) is 94.1 cm³/mol. The van der Waals surface area contributed by atoms with E-state index in [9.17, 15) is 9.59 Å². The van der Waals surface area contributed by atoms with E-state index in [2.05, 4.69) is 5.32 Å². The van der Waals surface area contributed by atoms with Gasteiger partial charge in [0.05, 0.1) is 0 Å². The van der Waals surface area contributed by atoms with Crippen molar-refractivity contribution in [3.05, 3.63) is 35.9 Å². The molecule has 4 heteroatoms. The molecule has 0 unspecified atom stereocenters. The van der Waals surface area contributed by atoms with Crippen molar-refractivity contribution in [2.24, 2.45) is 0 Å². The molecule has 0 bridgehead atoms. The van der Waals surface area contributed by atoms with Crippen LogP contribution in [0.5, 0.6) is 0 Å². The topological polar surface area (TPSA) is 49.4 Å². The Morgan fingerprint density at radius 1 is 1.13 bits per heavy atom. The van der Waals surface area contributed by atoms with Gasteiger partial charge in [-0.25, -0.2) is 0 Å². The van der Waals surface area contributed by atoms with Gasteiger partial charge in [-0.1, -0.05) is 44.2 Å². The number of rotatable bonds is 7. The molecule has 0 fully saturated rings. The summed E-state index contributed by atoms with van der Waals surface area (Å²) in [6.07, 6.45) is 1.78. The average Bonchev–Trinajstić information content (AvgIpc) is 2.49. The SMILES string of the molecule is CCC(=O)N(CCc1ccccc1)[C@@H](CC)C(=O)NC(C)(C)C. The van der Waals surface area contributed by atoms with Crippen LogP contribution in [0.15, 0.2) is 30.3 Å². The van der Waals surface area contributed by atoms with E-state index in [1.807, 2.05) is 65.0 Å². The minimum Gasteiger partial charge on any atom is -0.350 e. The van der Waals surface area contributed by atoms with Crippen LogP contribution in [-0.4, -0.2) is 34.8 Å². The van der Waals surface area contributed by atoms with Crippen LogP contribution in [-0.2, 0) is 16.0 Å². The van der Waals surface area contributed by atoms with E-state index in [1.165, 1.54) is 5.56 Å². The van der Waals surface area contributed by atoms with Crippen LogP contribution in [0.1, 0.15) is 53.0 Å². The maximum Gasteiger partial charge on any atom is 0.243 e. The minimum atomic E-state index is -0.412. The van der Waals surface area contributed by atoms with Crippen molar-refractivity contribution in [3.63, 3.8) is 0 Å². The fraction of sp³-hybridized carbons (Fsp3) is 0.579. The fourth-order valence-corrected chi connectivity index (χ4v) is 2.55. The van der Waals surface area contributed by atoms with Crippen LogP contribution in [0.3, 0.4) is 0 Å². The summed E-state index contributed by atoms with van der Waals surface area (Å²) in [6, 6.07) is 9.64. The zero-order chi connectivity index (χ0) is 17.5. The normalized spacial score (nSPS) is 12.6. The molecule has 128 valence electrons. The highest BCUT2D eigenvalue weighted by Crippen LogP contribution is 2.12. The maximum absolute atomic E-state index is 12.6. The lowest BCUT2D eigenvalue weighted by Crippen LogP contribution is -2.54. The molecular weight excluding hydrogens is 288 g/mol. The van der Waals surface area contributed by atoms with Crippen molar-refractivity contribution >= 4 is 11.8 Å². The second-order valence-electron chi connectivity index (χ2n) is 6.84. The molecule has 0 radical (unpaired) electrons. The van der Waals surface area contributed by atoms with Crippen LogP contribution in [0.25, 0.3) is 0 Å². The zero-order valence-electron chi connectivity index (χ0n) is 15.1. The molecule has 1 aromatic carbocycles. The summed E-state index contributed by atoms with van der Waals surface area (Å²) >= 11 is 0. The quantitative estimate of drug-likeness (QED) is 0.839. The lowest BCUT2D eigenvalue weighted by molar-refractivity contribution is -0.141. The van der Waals surface area contributed by atoms with Crippen molar-refractivity contribution in [2.45, 2.75) is 65.5 Å². The highest BCUT2D eigenvalue weighted by Gasteiger charge is 2.29. The van der Waals surface area contributed by atoms with E-state index in [0.29, 0.717) is 19.4 Å². The number of hydrogen-bond acceptors (Lipinski definition) is 2. The van der Waals surface area contributed by atoms with Crippen molar-refractivity contribution in [1.82, 2.24) is 10.2 Å². The first kappa shape index (κ1) is 19.2. The van der Waals surface area contributed by atoms with E-state index in [-0.39, 0.29) is 17.4 Å². The number of hydrogen-bond donors (Lipinski definition) is 1. The van der Waals surface area contributed by atoms with Gasteiger partial charge in [0.25, 0.3) is 0 Å². The van der Waals surface area contributed by atoms with Gasteiger partial charge in [0.15, 0.2) is 0 Å². The molecule has 0 heterocycles. The monoisotopic (exact) mass is 318 g/mol. The van der Waals surface area contributed by atoms with Crippen LogP contribution in [0, 0.1) is 0 Å². The number of carbonyl (C=O) groups excluding carboxylic acids is 2. The van der Waals surface area contributed by atoms with E-state index in [4.69, 9.17) is 0 Å². The molecule has 4 nitrogen and oxygen atoms in total. The summed E-state index contributed by atoms with van der Waals surface area (Å²) in [7, 11) is 0. The highest BCUT2D eigenvalue weighted by molar-refractivity contribution is 5.88. The van der Waals surface area contributed by atoms with Gasteiger partial charge >= 0.3 is 0 Å². The second kappa shape index (κ2) is 8.70. The first-order valence-corrected chi connectivity index (χ1v) is 8.44. The standard InChI is InChI=1S/C19H30N2O2/c1-6-16(18(23)20-19(3,4)5)21(17(22)7-2)14-13-15-11-9-8-10-12-15/h8-12,16H,6-7,13-14H2,1-5H3,(H,20,23)/t16-/m0/s1. The van der Waals surface area contributed by atoms with E-state index >= 15 is 0 Å². The summed E-state index contributed by atoms with van der Waals surface area (Å²) in [4.78, 5) is 26.6. The number of amides is 2. The molecular formula is C19H30N2O2. The fourth-order valence-electron chi connectivity index (χ4n) is 2.55. The Morgan fingerprint density at radius 2 is 1.74 bits per heavy atom. The molecule has 23 heavy (non-hydrogen) atoms. The minimum absolute atomic E-state index is 0.0249. The Balaban J connectivity index is 2.85. The molecule has 1 N–H and O–H groups in total. The molecule has 1 aromatic rings. The van der Waals surface area contributed by atoms with Crippen LogP contribution >= 0.6 is 0 Å². The molecule has 2 amide bonds. The van der Waals surface area contributed by atoms with Crippen molar-refractivity contribution in [3.8, 4) is 0 Å². The lowest BCUT2D eigenvalue weighted by Gasteiger charge is -2.33. The van der Waals surface area contributed by atoms with E-state index < -0.39 is 6.04 Å². The number of nitrogens with zero attached hydrogens (tertiary/aromatic N) is 1. The van der Waals surface area contributed by atoms with Gasteiger partial charge in [0.2, 0.25) is 11.8 Å². The molecule has 0 aliphatic rings. The van der Waals surface area contributed by atoms with E-state index in [0.717, 1.165) is 6.42 Å². The highest BCUT2D eigenvalue weighted by atomic mass is 16.2.